The van der Waals surface area contributed by atoms with E-state index in [0.29, 0.717) is 6.54 Å². The van der Waals surface area contributed by atoms with Gasteiger partial charge < -0.3 is 15.2 Å². The van der Waals surface area contributed by atoms with Crippen LogP contribution in [0.25, 0.3) is 0 Å². The summed E-state index contributed by atoms with van der Waals surface area (Å²) in [7, 11) is 1.63. The number of nitrogens with zero attached hydrogens (tertiary/aromatic N) is 2. The van der Waals surface area contributed by atoms with E-state index in [4.69, 9.17) is 0 Å². The smallest absolute Gasteiger partial charge is 0.293 e. The van der Waals surface area contributed by atoms with Gasteiger partial charge in [-0.25, -0.2) is 4.98 Å². The Balaban J connectivity index is 2.77. The molecule has 0 spiro atoms. The molecule has 16 heavy (non-hydrogen) atoms. The number of hydrogen-bond acceptors (Lipinski definition) is 4. The van der Waals surface area contributed by atoms with Crippen molar-refractivity contribution < 1.29 is 4.79 Å². The first-order valence-electron chi connectivity index (χ1n) is 5.12. The van der Waals surface area contributed by atoms with Crippen LogP contribution in [0.5, 0.6) is 0 Å². The lowest BCUT2D eigenvalue weighted by molar-refractivity contribution is -0.121. The predicted octanol–water partition coefficient (Wildman–Crippen LogP) is -0.283. The molecule has 0 radical (unpaired) electrons. The van der Waals surface area contributed by atoms with Gasteiger partial charge in [-0.15, -0.1) is 0 Å². The largest absolute Gasteiger partial charge is 0.355 e. The molecule has 0 aliphatic rings. The third kappa shape index (κ3) is 2.82. The van der Waals surface area contributed by atoms with E-state index in [0.717, 1.165) is 0 Å². The summed E-state index contributed by atoms with van der Waals surface area (Å²) in [5.74, 6) is 0.0268. The van der Waals surface area contributed by atoms with E-state index in [1.807, 2.05) is 6.92 Å². The molecule has 1 aromatic heterocycles. The lowest BCUT2D eigenvalue weighted by Crippen LogP contribution is -2.39. The van der Waals surface area contributed by atoms with Crippen LogP contribution in [-0.2, 0) is 11.8 Å². The number of carbonyl (C=O) groups is 1. The standard InChI is InChI=1S/C10H16N4O2/c1-4-11-9(15)7(2)13-8-10(16)14(3)6-5-12-8/h5-7H,4H2,1-3H3,(H,11,15)(H,12,13). The van der Waals surface area contributed by atoms with Gasteiger partial charge in [0.2, 0.25) is 5.91 Å². The number of aryl methyl sites for hydroxylation is 1. The molecule has 88 valence electrons. The molecule has 0 saturated carbocycles. The van der Waals surface area contributed by atoms with Crippen LogP contribution in [0, 0.1) is 0 Å². The summed E-state index contributed by atoms with van der Waals surface area (Å²) in [5, 5.41) is 5.44. The molecule has 6 heteroatoms. The van der Waals surface area contributed by atoms with E-state index >= 15 is 0 Å². The summed E-state index contributed by atoms with van der Waals surface area (Å²) < 4.78 is 1.40. The van der Waals surface area contributed by atoms with Crippen LogP contribution in [0.1, 0.15) is 13.8 Å². The van der Waals surface area contributed by atoms with Crippen LogP contribution in [-0.4, -0.2) is 28.0 Å². The average Bonchev–Trinajstić information content (AvgIpc) is 2.25. The topological polar surface area (TPSA) is 76.0 Å². The lowest BCUT2D eigenvalue weighted by atomic mass is 10.3. The fourth-order valence-corrected chi connectivity index (χ4v) is 1.19. The number of amides is 1. The number of rotatable bonds is 4. The number of carbonyl (C=O) groups excluding carboxylic acids is 1. The summed E-state index contributed by atoms with van der Waals surface area (Å²) >= 11 is 0. The van der Waals surface area contributed by atoms with Crippen LogP contribution in [0.2, 0.25) is 0 Å². The fraction of sp³-hybridized carbons (Fsp3) is 0.500. The van der Waals surface area contributed by atoms with E-state index in [1.165, 1.54) is 10.8 Å². The fourth-order valence-electron chi connectivity index (χ4n) is 1.19. The molecular weight excluding hydrogens is 208 g/mol. The Hall–Kier alpha value is -1.85. The van der Waals surface area contributed by atoms with E-state index in [-0.39, 0.29) is 17.3 Å². The van der Waals surface area contributed by atoms with Crippen LogP contribution in [0.15, 0.2) is 17.2 Å². The van der Waals surface area contributed by atoms with Crippen molar-refractivity contribution in [3.63, 3.8) is 0 Å². The molecule has 1 amide bonds. The van der Waals surface area contributed by atoms with Gasteiger partial charge in [0.1, 0.15) is 6.04 Å². The highest BCUT2D eigenvalue weighted by atomic mass is 16.2. The monoisotopic (exact) mass is 224 g/mol. The Morgan fingerprint density at radius 3 is 2.94 bits per heavy atom. The maximum Gasteiger partial charge on any atom is 0.293 e. The molecule has 1 heterocycles. The Morgan fingerprint density at radius 1 is 1.62 bits per heavy atom. The van der Waals surface area contributed by atoms with E-state index < -0.39 is 6.04 Å². The van der Waals surface area contributed by atoms with E-state index in [2.05, 4.69) is 15.6 Å². The Bertz CT molecular complexity index is 427. The third-order valence-corrected chi connectivity index (χ3v) is 2.11. The maximum absolute atomic E-state index is 11.6. The summed E-state index contributed by atoms with van der Waals surface area (Å²) in [4.78, 5) is 26.9. The second-order valence-electron chi connectivity index (χ2n) is 3.45. The van der Waals surface area contributed by atoms with Crippen LogP contribution in [0.3, 0.4) is 0 Å². The second-order valence-corrected chi connectivity index (χ2v) is 3.45. The van der Waals surface area contributed by atoms with Crippen LogP contribution < -0.4 is 16.2 Å². The Kier molecular flexibility index (Phi) is 4.04. The Labute approximate surface area is 93.7 Å². The molecule has 0 aliphatic heterocycles. The zero-order valence-corrected chi connectivity index (χ0v) is 9.65. The zero-order chi connectivity index (χ0) is 12.1. The van der Waals surface area contributed by atoms with Crippen molar-refractivity contribution in [3.05, 3.63) is 22.7 Å². The highest BCUT2D eigenvalue weighted by Gasteiger charge is 2.13. The number of likely N-dealkylation sites (N-methyl/N-ethyl adjacent to an activating group) is 1. The maximum atomic E-state index is 11.6. The minimum atomic E-state index is -0.484. The molecular formula is C10H16N4O2. The van der Waals surface area contributed by atoms with Gasteiger partial charge in [0, 0.05) is 26.0 Å². The summed E-state index contributed by atoms with van der Waals surface area (Å²) in [6.45, 7) is 4.08. The second kappa shape index (κ2) is 5.29. The average molecular weight is 224 g/mol. The number of anilines is 1. The zero-order valence-electron chi connectivity index (χ0n) is 9.65. The number of nitrogens with one attached hydrogen (secondary N) is 2. The predicted molar refractivity (Wildman–Crippen MR) is 61.2 cm³/mol. The highest BCUT2D eigenvalue weighted by molar-refractivity contribution is 5.83. The van der Waals surface area contributed by atoms with Crippen molar-refractivity contribution in [3.8, 4) is 0 Å². The van der Waals surface area contributed by atoms with Gasteiger partial charge in [-0.3, -0.25) is 9.59 Å². The van der Waals surface area contributed by atoms with Gasteiger partial charge in [-0.1, -0.05) is 0 Å². The minimum Gasteiger partial charge on any atom is -0.355 e. The molecule has 1 atom stereocenters. The van der Waals surface area contributed by atoms with Crippen molar-refractivity contribution in [2.24, 2.45) is 7.05 Å². The van der Waals surface area contributed by atoms with Gasteiger partial charge >= 0.3 is 0 Å². The quantitative estimate of drug-likeness (QED) is 0.737. The first-order chi connectivity index (χ1) is 7.56. The normalized spacial score (nSPS) is 11.9. The lowest BCUT2D eigenvalue weighted by Gasteiger charge is -2.13. The van der Waals surface area contributed by atoms with Gasteiger partial charge in [-0.05, 0) is 13.8 Å². The molecule has 0 aliphatic carbocycles. The van der Waals surface area contributed by atoms with Gasteiger partial charge in [0.25, 0.3) is 5.56 Å². The summed E-state index contributed by atoms with van der Waals surface area (Å²) in [6, 6.07) is -0.484. The van der Waals surface area contributed by atoms with Crippen molar-refractivity contribution >= 4 is 11.7 Å². The molecule has 0 bridgehead atoms. The molecule has 2 N–H and O–H groups in total. The summed E-state index contributed by atoms with van der Waals surface area (Å²) in [5.41, 5.74) is -0.251. The molecule has 1 rings (SSSR count). The molecule has 1 unspecified atom stereocenters. The number of hydrogen-bond donors (Lipinski definition) is 2. The van der Waals surface area contributed by atoms with Gasteiger partial charge in [-0.2, -0.15) is 0 Å². The van der Waals surface area contributed by atoms with Crippen molar-refractivity contribution in [2.75, 3.05) is 11.9 Å². The molecule has 0 aromatic carbocycles. The molecule has 1 aromatic rings. The molecule has 0 fully saturated rings. The van der Waals surface area contributed by atoms with Crippen molar-refractivity contribution in [1.29, 1.82) is 0 Å². The first-order valence-corrected chi connectivity index (χ1v) is 5.12. The molecule has 0 saturated heterocycles. The van der Waals surface area contributed by atoms with Crippen molar-refractivity contribution in [1.82, 2.24) is 14.9 Å². The van der Waals surface area contributed by atoms with E-state index in [1.54, 1.807) is 20.2 Å². The first kappa shape index (κ1) is 12.2. The minimum absolute atomic E-state index is 0.157. The van der Waals surface area contributed by atoms with Crippen LogP contribution >= 0.6 is 0 Å². The van der Waals surface area contributed by atoms with Gasteiger partial charge in [0.05, 0.1) is 0 Å². The van der Waals surface area contributed by atoms with E-state index in [9.17, 15) is 9.59 Å². The SMILES string of the molecule is CCNC(=O)C(C)Nc1nccn(C)c1=O. The van der Waals surface area contributed by atoms with Gasteiger partial charge in [0.15, 0.2) is 5.82 Å². The van der Waals surface area contributed by atoms with Crippen molar-refractivity contribution in [2.45, 2.75) is 19.9 Å². The highest BCUT2D eigenvalue weighted by Crippen LogP contribution is 1.96. The molecule has 6 nitrogen and oxygen atoms in total. The Morgan fingerprint density at radius 2 is 2.31 bits per heavy atom. The van der Waals surface area contributed by atoms with Crippen LogP contribution in [0.4, 0.5) is 5.82 Å². The number of aromatic nitrogens is 2. The summed E-state index contributed by atoms with van der Waals surface area (Å²) in [6.07, 6.45) is 3.07. The third-order valence-electron chi connectivity index (χ3n) is 2.11.